The Bertz CT molecular complexity index is 1190. The van der Waals surface area contributed by atoms with Gasteiger partial charge in [0, 0.05) is 19.1 Å². The maximum atomic E-state index is 12.6. The molecule has 0 saturated heterocycles. The number of amides is 2. The third-order valence-electron chi connectivity index (χ3n) is 5.77. The van der Waals surface area contributed by atoms with Gasteiger partial charge in [-0.2, -0.15) is 0 Å². The van der Waals surface area contributed by atoms with E-state index < -0.39 is 18.0 Å². The molecule has 2 amide bonds. The van der Waals surface area contributed by atoms with Crippen molar-refractivity contribution < 1.29 is 28.9 Å². The zero-order valence-corrected chi connectivity index (χ0v) is 21.2. The fraction of sp³-hybridized carbons (Fsp3) is 0.346. The number of rotatable bonds is 10. The standard InChI is InChI=1S/C26H29N3O6S/c1-4-34-26(32,35-5-2)15-27-23(30)22-16(3)28-24(36-22)29-25(31)33-14-21-19-12-8-6-10-17(19)18-11-7-9-13-20(18)21/h6-13,21,32H,4-5,14-15H2,1-3H3,(H,27,30)(H,28,29,31). The van der Waals surface area contributed by atoms with Crippen molar-refractivity contribution in [3.63, 3.8) is 0 Å². The molecule has 2 aromatic carbocycles. The first-order valence-corrected chi connectivity index (χ1v) is 12.5. The summed E-state index contributed by atoms with van der Waals surface area (Å²) in [6.45, 7) is 5.40. The number of fused-ring (bicyclic) bond motifs is 3. The third kappa shape index (κ3) is 5.57. The number of hydrogen-bond acceptors (Lipinski definition) is 8. The molecular weight excluding hydrogens is 482 g/mol. The molecule has 36 heavy (non-hydrogen) atoms. The molecule has 1 heterocycles. The molecule has 10 heteroatoms. The number of carbonyl (C=O) groups excluding carboxylic acids is 2. The van der Waals surface area contributed by atoms with Gasteiger partial charge in [0.05, 0.1) is 12.2 Å². The van der Waals surface area contributed by atoms with Crippen LogP contribution in [0.25, 0.3) is 11.1 Å². The molecule has 190 valence electrons. The Balaban J connectivity index is 1.36. The fourth-order valence-electron chi connectivity index (χ4n) is 4.25. The number of anilines is 1. The molecule has 0 bridgehead atoms. The smallest absolute Gasteiger partial charge is 0.413 e. The Labute approximate surface area is 213 Å². The lowest BCUT2D eigenvalue weighted by Gasteiger charge is -2.27. The first-order chi connectivity index (χ1) is 17.3. The molecule has 1 aromatic heterocycles. The van der Waals surface area contributed by atoms with Gasteiger partial charge < -0.3 is 24.6 Å². The first kappa shape index (κ1) is 25.8. The number of thiazole rings is 1. The Kier molecular flexibility index (Phi) is 8.00. The Hall–Kier alpha value is -3.31. The summed E-state index contributed by atoms with van der Waals surface area (Å²) in [5.41, 5.74) is 4.97. The van der Waals surface area contributed by atoms with Gasteiger partial charge in [0.15, 0.2) is 5.13 Å². The summed E-state index contributed by atoms with van der Waals surface area (Å²) >= 11 is 1.01. The molecule has 1 aliphatic rings. The van der Waals surface area contributed by atoms with Crippen LogP contribution in [0.2, 0.25) is 0 Å². The van der Waals surface area contributed by atoms with Crippen LogP contribution >= 0.6 is 11.3 Å². The number of aryl methyl sites for hydroxylation is 1. The van der Waals surface area contributed by atoms with Crippen LogP contribution in [-0.4, -0.2) is 54.4 Å². The zero-order valence-electron chi connectivity index (χ0n) is 20.4. The normalized spacial score (nSPS) is 12.7. The van der Waals surface area contributed by atoms with Gasteiger partial charge in [0.1, 0.15) is 11.5 Å². The van der Waals surface area contributed by atoms with E-state index in [1.54, 1.807) is 20.8 Å². The fourth-order valence-corrected chi connectivity index (χ4v) is 5.12. The van der Waals surface area contributed by atoms with Crippen LogP contribution in [0.3, 0.4) is 0 Å². The lowest BCUT2D eigenvalue weighted by Crippen LogP contribution is -2.47. The van der Waals surface area contributed by atoms with Gasteiger partial charge in [-0.15, -0.1) is 0 Å². The second-order valence-electron chi connectivity index (χ2n) is 8.15. The molecule has 9 nitrogen and oxygen atoms in total. The molecule has 0 atom stereocenters. The van der Waals surface area contributed by atoms with E-state index in [9.17, 15) is 14.7 Å². The van der Waals surface area contributed by atoms with E-state index in [0.717, 1.165) is 33.6 Å². The molecule has 1 aliphatic carbocycles. The number of ether oxygens (including phenoxy) is 3. The van der Waals surface area contributed by atoms with Crippen LogP contribution in [0.5, 0.6) is 0 Å². The average Bonchev–Trinajstić information content (AvgIpc) is 3.39. The summed E-state index contributed by atoms with van der Waals surface area (Å²) in [6.07, 6.45) is -0.653. The van der Waals surface area contributed by atoms with Crippen molar-refractivity contribution in [3.05, 3.63) is 70.2 Å². The summed E-state index contributed by atoms with van der Waals surface area (Å²) in [7, 11) is 0. The van der Waals surface area contributed by atoms with E-state index in [1.165, 1.54) is 0 Å². The van der Waals surface area contributed by atoms with E-state index in [2.05, 4.69) is 39.9 Å². The largest absolute Gasteiger partial charge is 0.448 e. The minimum atomic E-state index is -1.92. The SMILES string of the molecule is CCOC(O)(CNC(=O)c1sc(NC(=O)OCC2c3ccccc3-c3ccccc32)nc1C)OCC. The Morgan fingerprint density at radius 3 is 2.19 bits per heavy atom. The van der Waals surface area contributed by atoms with Gasteiger partial charge in [-0.25, -0.2) is 9.78 Å². The van der Waals surface area contributed by atoms with Gasteiger partial charge in [0.2, 0.25) is 0 Å². The van der Waals surface area contributed by atoms with Gasteiger partial charge in [-0.3, -0.25) is 10.1 Å². The molecule has 0 radical (unpaired) electrons. The van der Waals surface area contributed by atoms with Crippen molar-refractivity contribution >= 4 is 28.5 Å². The van der Waals surface area contributed by atoms with E-state index in [1.807, 2.05) is 24.3 Å². The number of aromatic nitrogens is 1. The van der Waals surface area contributed by atoms with E-state index >= 15 is 0 Å². The average molecular weight is 512 g/mol. The topological polar surface area (TPSA) is 119 Å². The summed E-state index contributed by atoms with van der Waals surface area (Å²) in [5.74, 6) is -2.44. The minimum absolute atomic E-state index is 0.0584. The zero-order chi connectivity index (χ0) is 25.7. The molecular formula is C26H29N3O6S. The highest BCUT2D eigenvalue weighted by atomic mass is 32.1. The van der Waals surface area contributed by atoms with Crippen LogP contribution in [0, 0.1) is 6.92 Å². The van der Waals surface area contributed by atoms with E-state index in [-0.39, 0.29) is 37.4 Å². The highest BCUT2D eigenvalue weighted by Crippen LogP contribution is 2.44. The molecule has 0 saturated carbocycles. The van der Waals surface area contributed by atoms with E-state index in [0.29, 0.717) is 10.6 Å². The van der Waals surface area contributed by atoms with Crippen LogP contribution < -0.4 is 10.6 Å². The quantitative estimate of drug-likeness (QED) is 0.348. The maximum Gasteiger partial charge on any atom is 0.413 e. The lowest BCUT2D eigenvalue weighted by atomic mass is 9.98. The summed E-state index contributed by atoms with van der Waals surface area (Å²) < 4.78 is 15.9. The van der Waals surface area contributed by atoms with Crippen LogP contribution in [0.4, 0.5) is 9.93 Å². The number of benzene rings is 2. The Morgan fingerprint density at radius 2 is 1.61 bits per heavy atom. The molecule has 3 N–H and O–H groups in total. The van der Waals surface area contributed by atoms with Crippen molar-refractivity contribution in [2.45, 2.75) is 32.7 Å². The van der Waals surface area contributed by atoms with Crippen molar-refractivity contribution in [3.8, 4) is 11.1 Å². The number of nitrogens with zero attached hydrogens (tertiary/aromatic N) is 1. The van der Waals surface area contributed by atoms with Crippen molar-refractivity contribution in [1.29, 1.82) is 0 Å². The number of aliphatic hydroxyl groups is 1. The molecule has 3 aromatic rings. The first-order valence-electron chi connectivity index (χ1n) is 11.7. The predicted molar refractivity (Wildman–Crippen MR) is 136 cm³/mol. The highest BCUT2D eigenvalue weighted by Gasteiger charge is 2.31. The van der Waals surface area contributed by atoms with Gasteiger partial charge >= 0.3 is 6.09 Å². The number of hydrogen-bond donors (Lipinski definition) is 3. The van der Waals surface area contributed by atoms with Gasteiger partial charge in [0.25, 0.3) is 11.9 Å². The van der Waals surface area contributed by atoms with Gasteiger partial charge in [-0.1, -0.05) is 59.9 Å². The second kappa shape index (κ2) is 11.2. The number of nitrogens with one attached hydrogen (secondary N) is 2. The molecule has 4 rings (SSSR count). The van der Waals surface area contributed by atoms with Crippen LogP contribution in [-0.2, 0) is 14.2 Å². The van der Waals surface area contributed by atoms with Crippen molar-refractivity contribution in [2.24, 2.45) is 0 Å². The molecule has 0 unspecified atom stereocenters. The predicted octanol–water partition coefficient (Wildman–Crippen LogP) is 4.26. The summed E-state index contributed by atoms with van der Waals surface area (Å²) in [4.78, 5) is 29.7. The maximum absolute atomic E-state index is 12.6. The van der Waals surface area contributed by atoms with E-state index in [4.69, 9.17) is 14.2 Å². The van der Waals surface area contributed by atoms with Crippen LogP contribution in [0.1, 0.15) is 46.3 Å². The lowest BCUT2D eigenvalue weighted by molar-refractivity contribution is -0.352. The van der Waals surface area contributed by atoms with Crippen molar-refractivity contribution in [1.82, 2.24) is 10.3 Å². The monoisotopic (exact) mass is 511 g/mol. The van der Waals surface area contributed by atoms with Crippen molar-refractivity contribution in [2.75, 3.05) is 31.7 Å². The summed E-state index contributed by atoms with van der Waals surface area (Å²) in [5, 5.41) is 15.8. The molecule has 0 fully saturated rings. The minimum Gasteiger partial charge on any atom is -0.448 e. The number of carbonyl (C=O) groups is 2. The van der Waals surface area contributed by atoms with Crippen LogP contribution in [0.15, 0.2) is 48.5 Å². The second-order valence-corrected chi connectivity index (χ2v) is 9.14. The summed E-state index contributed by atoms with van der Waals surface area (Å²) in [6, 6.07) is 16.2. The third-order valence-corrected chi connectivity index (χ3v) is 6.84. The van der Waals surface area contributed by atoms with Gasteiger partial charge in [-0.05, 0) is 43.0 Å². The molecule has 0 spiro atoms. The molecule has 0 aliphatic heterocycles. The Morgan fingerprint density at radius 1 is 1.03 bits per heavy atom. The highest BCUT2D eigenvalue weighted by molar-refractivity contribution is 7.17.